The highest BCUT2D eigenvalue weighted by atomic mass is 79.9. The summed E-state index contributed by atoms with van der Waals surface area (Å²) in [7, 11) is 1.54. The number of benzene rings is 2. The molecule has 158 valence electrons. The van der Waals surface area contributed by atoms with Crippen molar-refractivity contribution in [2.75, 3.05) is 7.11 Å². The van der Waals surface area contributed by atoms with Gasteiger partial charge >= 0.3 is 5.97 Å². The van der Waals surface area contributed by atoms with E-state index in [1.807, 2.05) is 0 Å². The molecule has 2 aromatic rings. The first-order valence-corrected chi connectivity index (χ1v) is 9.97. The number of rotatable bonds is 8. The maximum atomic E-state index is 12.8. The Balaban J connectivity index is 2.37. The summed E-state index contributed by atoms with van der Waals surface area (Å²) >= 11 is 3.31. The standard InChI is InChI=1S/C22H23BrN2O5/c1-13(2)19(22(28)29)25-21(27)18(12-14-8-10-15(30-3)11-9-14)24-20(26)16-6-4-5-7-17(16)23/h4-13,19H,1-3H3,(H,24,26)(H,25,27)(H,28,29)/b18-12+. The molecule has 0 aliphatic carbocycles. The number of carboxylic acid groups (broad SMARTS) is 1. The Morgan fingerprint density at radius 2 is 1.70 bits per heavy atom. The monoisotopic (exact) mass is 474 g/mol. The zero-order valence-electron chi connectivity index (χ0n) is 16.8. The Morgan fingerprint density at radius 1 is 1.07 bits per heavy atom. The van der Waals surface area contributed by atoms with Crippen molar-refractivity contribution in [3.8, 4) is 5.75 Å². The summed E-state index contributed by atoms with van der Waals surface area (Å²) in [5.41, 5.74) is 0.891. The van der Waals surface area contributed by atoms with Crippen molar-refractivity contribution in [1.82, 2.24) is 10.6 Å². The molecular weight excluding hydrogens is 452 g/mol. The summed E-state index contributed by atoms with van der Waals surface area (Å²) in [6.45, 7) is 3.37. The average Bonchev–Trinajstić information content (AvgIpc) is 2.71. The van der Waals surface area contributed by atoms with E-state index in [1.165, 1.54) is 6.08 Å². The van der Waals surface area contributed by atoms with Crippen molar-refractivity contribution in [1.29, 1.82) is 0 Å². The number of hydrogen-bond acceptors (Lipinski definition) is 4. The summed E-state index contributed by atoms with van der Waals surface area (Å²) < 4.78 is 5.69. The second kappa shape index (κ2) is 10.6. The number of carboxylic acids is 1. The zero-order valence-corrected chi connectivity index (χ0v) is 18.4. The third-order valence-electron chi connectivity index (χ3n) is 4.26. The van der Waals surface area contributed by atoms with Crippen molar-refractivity contribution in [2.24, 2.45) is 5.92 Å². The number of methoxy groups -OCH3 is 1. The van der Waals surface area contributed by atoms with Gasteiger partial charge in [-0.25, -0.2) is 4.79 Å². The summed E-state index contributed by atoms with van der Waals surface area (Å²) in [6.07, 6.45) is 1.47. The molecule has 0 radical (unpaired) electrons. The molecular formula is C22H23BrN2O5. The van der Waals surface area contributed by atoms with Crippen LogP contribution in [-0.2, 0) is 9.59 Å². The number of amides is 2. The molecule has 3 N–H and O–H groups in total. The highest BCUT2D eigenvalue weighted by molar-refractivity contribution is 9.10. The lowest BCUT2D eigenvalue weighted by Gasteiger charge is -2.19. The Bertz CT molecular complexity index is 954. The van der Waals surface area contributed by atoms with Gasteiger partial charge in [-0.15, -0.1) is 0 Å². The van der Waals surface area contributed by atoms with E-state index in [1.54, 1.807) is 69.5 Å². The summed E-state index contributed by atoms with van der Waals surface area (Å²) in [4.78, 5) is 37.0. The Labute approximate surface area is 183 Å². The lowest BCUT2D eigenvalue weighted by molar-refractivity contribution is -0.142. The van der Waals surface area contributed by atoms with E-state index >= 15 is 0 Å². The van der Waals surface area contributed by atoms with Gasteiger partial charge in [0, 0.05) is 4.47 Å². The Kier molecular flexibility index (Phi) is 8.17. The van der Waals surface area contributed by atoms with Crippen molar-refractivity contribution in [3.05, 3.63) is 69.8 Å². The van der Waals surface area contributed by atoms with Gasteiger partial charge in [0.1, 0.15) is 17.5 Å². The first-order valence-electron chi connectivity index (χ1n) is 9.18. The van der Waals surface area contributed by atoms with Gasteiger partial charge in [-0.1, -0.05) is 38.1 Å². The number of nitrogens with one attached hydrogen (secondary N) is 2. The van der Waals surface area contributed by atoms with E-state index < -0.39 is 23.8 Å². The quantitative estimate of drug-likeness (QED) is 0.508. The van der Waals surface area contributed by atoms with Gasteiger partial charge in [-0.3, -0.25) is 9.59 Å². The molecule has 2 amide bonds. The fraction of sp³-hybridized carbons (Fsp3) is 0.227. The molecule has 0 fully saturated rings. The van der Waals surface area contributed by atoms with Gasteiger partial charge < -0.3 is 20.5 Å². The highest BCUT2D eigenvalue weighted by Crippen LogP contribution is 2.17. The first-order chi connectivity index (χ1) is 14.2. The second-order valence-corrected chi connectivity index (χ2v) is 7.65. The van der Waals surface area contributed by atoms with Crippen LogP contribution in [0.15, 0.2) is 58.7 Å². The van der Waals surface area contributed by atoms with Crippen molar-refractivity contribution in [2.45, 2.75) is 19.9 Å². The largest absolute Gasteiger partial charge is 0.497 e. The fourth-order valence-electron chi connectivity index (χ4n) is 2.59. The van der Waals surface area contributed by atoms with Gasteiger partial charge in [-0.05, 0) is 57.8 Å². The molecule has 7 nitrogen and oxygen atoms in total. The maximum absolute atomic E-state index is 12.8. The van der Waals surface area contributed by atoms with Crippen LogP contribution < -0.4 is 15.4 Å². The van der Waals surface area contributed by atoms with Gasteiger partial charge in [0.15, 0.2) is 0 Å². The van der Waals surface area contributed by atoms with Crippen LogP contribution in [0.5, 0.6) is 5.75 Å². The SMILES string of the molecule is COc1ccc(/C=C(/NC(=O)c2ccccc2Br)C(=O)NC(C(=O)O)C(C)C)cc1. The minimum atomic E-state index is -1.15. The first kappa shape index (κ1) is 23.2. The molecule has 0 aromatic heterocycles. The molecule has 0 aliphatic heterocycles. The minimum Gasteiger partial charge on any atom is -0.497 e. The van der Waals surface area contributed by atoms with E-state index in [0.29, 0.717) is 21.3 Å². The number of hydrogen-bond donors (Lipinski definition) is 3. The van der Waals surface area contributed by atoms with E-state index in [-0.39, 0.29) is 11.6 Å². The van der Waals surface area contributed by atoms with Crippen LogP contribution >= 0.6 is 15.9 Å². The molecule has 0 heterocycles. The van der Waals surface area contributed by atoms with Crippen LogP contribution in [0.3, 0.4) is 0 Å². The third kappa shape index (κ3) is 6.18. The Hall–Kier alpha value is -3.13. The fourth-order valence-corrected chi connectivity index (χ4v) is 3.06. The predicted molar refractivity (Wildman–Crippen MR) is 117 cm³/mol. The van der Waals surface area contributed by atoms with Crippen LogP contribution in [0.2, 0.25) is 0 Å². The topological polar surface area (TPSA) is 105 Å². The van der Waals surface area contributed by atoms with Gasteiger partial charge in [0.05, 0.1) is 12.7 Å². The normalized spacial score (nSPS) is 12.2. The molecule has 2 rings (SSSR count). The predicted octanol–water partition coefficient (Wildman–Crippen LogP) is 3.45. The van der Waals surface area contributed by atoms with Crippen LogP contribution in [-0.4, -0.2) is 36.0 Å². The Morgan fingerprint density at radius 3 is 2.23 bits per heavy atom. The molecule has 1 unspecified atom stereocenters. The third-order valence-corrected chi connectivity index (χ3v) is 4.95. The van der Waals surface area contributed by atoms with E-state index in [9.17, 15) is 19.5 Å². The number of halogens is 1. The number of aliphatic carboxylic acids is 1. The average molecular weight is 475 g/mol. The molecule has 0 aliphatic rings. The minimum absolute atomic E-state index is 0.0761. The molecule has 0 spiro atoms. The van der Waals surface area contributed by atoms with Crippen LogP contribution in [0.1, 0.15) is 29.8 Å². The molecule has 1 atom stereocenters. The van der Waals surface area contributed by atoms with Crippen molar-refractivity contribution in [3.63, 3.8) is 0 Å². The summed E-state index contributed by atoms with van der Waals surface area (Å²) in [5.74, 6) is -2.06. The number of carbonyl (C=O) groups is 3. The lowest BCUT2D eigenvalue weighted by Crippen LogP contribution is -2.47. The van der Waals surface area contributed by atoms with Gasteiger partial charge in [-0.2, -0.15) is 0 Å². The van der Waals surface area contributed by atoms with Crippen molar-refractivity contribution >= 4 is 39.8 Å². The second-order valence-electron chi connectivity index (χ2n) is 6.80. The smallest absolute Gasteiger partial charge is 0.326 e. The number of carbonyl (C=O) groups excluding carboxylic acids is 2. The summed E-state index contributed by atoms with van der Waals surface area (Å²) in [5, 5.41) is 14.4. The molecule has 8 heteroatoms. The van der Waals surface area contributed by atoms with Crippen LogP contribution in [0.25, 0.3) is 6.08 Å². The lowest BCUT2D eigenvalue weighted by atomic mass is 10.0. The van der Waals surface area contributed by atoms with Crippen molar-refractivity contribution < 1.29 is 24.2 Å². The summed E-state index contributed by atoms with van der Waals surface area (Å²) in [6, 6.07) is 12.5. The zero-order chi connectivity index (χ0) is 22.3. The molecule has 2 aromatic carbocycles. The molecule has 0 saturated heterocycles. The maximum Gasteiger partial charge on any atom is 0.326 e. The molecule has 0 saturated carbocycles. The van der Waals surface area contributed by atoms with E-state index in [4.69, 9.17) is 4.74 Å². The van der Waals surface area contributed by atoms with Crippen LogP contribution in [0, 0.1) is 5.92 Å². The van der Waals surface area contributed by atoms with E-state index in [0.717, 1.165) is 0 Å². The van der Waals surface area contributed by atoms with Gasteiger partial charge in [0.2, 0.25) is 0 Å². The van der Waals surface area contributed by atoms with Gasteiger partial charge in [0.25, 0.3) is 11.8 Å². The number of ether oxygens (including phenoxy) is 1. The van der Waals surface area contributed by atoms with Crippen LogP contribution in [0.4, 0.5) is 0 Å². The highest BCUT2D eigenvalue weighted by Gasteiger charge is 2.26. The molecule has 30 heavy (non-hydrogen) atoms. The molecule has 0 bridgehead atoms. The van der Waals surface area contributed by atoms with E-state index in [2.05, 4.69) is 26.6 Å².